The van der Waals surface area contributed by atoms with Gasteiger partial charge in [-0.05, 0) is 23.8 Å². The van der Waals surface area contributed by atoms with Crippen molar-refractivity contribution in [3.05, 3.63) is 57.8 Å². The number of hydrogen-bond acceptors (Lipinski definition) is 1. The maximum Gasteiger partial charge on any atom is 0.164 e. The second-order valence-electron chi connectivity index (χ2n) is 4.08. The van der Waals surface area contributed by atoms with Crippen LogP contribution >= 0.6 is 23.2 Å². The first-order valence-corrected chi connectivity index (χ1v) is 6.48. The van der Waals surface area contributed by atoms with Crippen LogP contribution in [0.2, 0.25) is 10.0 Å². The highest BCUT2D eigenvalue weighted by Crippen LogP contribution is 2.22. The van der Waals surface area contributed by atoms with E-state index in [1.165, 1.54) is 0 Å². The van der Waals surface area contributed by atoms with Gasteiger partial charge in [0.2, 0.25) is 0 Å². The molecule has 0 spiro atoms. The fourth-order valence-corrected chi connectivity index (χ4v) is 2.22. The molecule has 18 heavy (non-hydrogen) atoms. The Hall–Kier alpha value is -1.25. The lowest BCUT2D eigenvalue weighted by Crippen LogP contribution is -1.98. The Balaban J connectivity index is 2.18. The van der Waals surface area contributed by atoms with Crippen LogP contribution < -0.4 is 0 Å². The van der Waals surface area contributed by atoms with E-state index in [9.17, 15) is 4.79 Å². The number of nitrogens with zero attached hydrogens (tertiary/aromatic N) is 1. The minimum atomic E-state index is 0.149. The van der Waals surface area contributed by atoms with E-state index in [4.69, 9.17) is 23.2 Å². The molecule has 2 nitrogen and oxygen atoms in total. The highest BCUT2D eigenvalue weighted by atomic mass is 35.5. The molecule has 0 aliphatic rings. The Morgan fingerprint density at radius 1 is 1.28 bits per heavy atom. The van der Waals surface area contributed by atoms with E-state index in [-0.39, 0.29) is 5.78 Å². The van der Waals surface area contributed by atoms with Gasteiger partial charge in [0.15, 0.2) is 5.78 Å². The molecule has 0 bridgehead atoms. The van der Waals surface area contributed by atoms with Crippen molar-refractivity contribution in [2.45, 2.75) is 19.9 Å². The Morgan fingerprint density at radius 3 is 2.72 bits per heavy atom. The minimum Gasteiger partial charge on any atom is -0.349 e. The standard InChI is InChI=1S/C14H13Cl2NO/c1-2-14(18)11-5-6-17(9-11)8-10-3-4-12(15)7-13(10)16/h3-7,9H,2,8H2,1H3. The summed E-state index contributed by atoms with van der Waals surface area (Å²) in [4.78, 5) is 11.5. The normalized spacial score (nSPS) is 10.6. The molecule has 0 aliphatic heterocycles. The van der Waals surface area contributed by atoms with E-state index >= 15 is 0 Å². The van der Waals surface area contributed by atoms with Crippen molar-refractivity contribution in [1.82, 2.24) is 4.57 Å². The van der Waals surface area contributed by atoms with Gasteiger partial charge < -0.3 is 4.57 Å². The zero-order chi connectivity index (χ0) is 13.1. The third kappa shape index (κ3) is 2.95. The van der Waals surface area contributed by atoms with Crippen LogP contribution in [0.3, 0.4) is 0 Å². The van der Waals surface area contributed by atoms with Crippen molar-refractivity contribution in [3.63, 3.8) is 0 Å². The van der Waals surface area contributed by atoms with Gasteiger partial charge in [-0.25, -0.2) is 0 Å². The zero-order valence-electron chi connectivity index (χ0n) is 9.99. The van der Waals surface area contributed by atoms with E-state index in [0.29, 0.717) is 23.0 Å². The number of aromatic nitrogens is 1. The summed E-state index contributed by atoms with van der Waals surface area (Å²) in [6.45, 7) is 2.49. The average molecular weight is 282 g/mol. The van der Waals surface area contributed by atoms with Crippen molar-refractivity contribution in [1.29, 1.82) is 0 Å². The molecule has 0 saturated carbocycles. The predicted molar refractivity (Wildman–Crippen MR) is 74.6 cm³/mol. The molecule has 2 rings (SSSR count). The number of benzene rings is 1. The first-order chi connectivity index (χ1) is 8.60. The number of rotatable bonds is 4. The lowest BCUT2D eigenvalue weighted by molar-refractivity contribution is 0.0988. The number of halogens is 2. The third-order valence-electron chi connectivity index (χ3n) is 2.76. The van der Waals surface area contributed by atoms with Crippen LogP contribution in [-0.4, -0.2) is 10.4 Å². The molecule has 0 saturated heterocycles. The van der Waals surface area contributed by atoms with Gasteiger partial charge in [0.1, 0.15) is 0 Å². The monoisotopic (exact) mass is 281 g/mol. The summed E-state index contributed by atoms with van der Waals surface area (Å²) in [5.41, 5.74) is 1.72. The molecule has 0 fully saturated rings. The van der Waals surface area contributed by atoms with Crippen molar-refractivity contribution in [2.24, 2.45) is 0 Å². The molecule has 0 amide bonds. The van der Waals surface area contributed by atoms with Crippen LogP contribution in [0.15, 0.2) is 36.7 Å². The molecule has 2 aromatic rings. The van der Waals surface area contributed by atoms with E-state index in [1.807, 2.05) is 42.1 Å². The molecular weight excluding hydrogens is 269 g/mol. The van der Waals surface area contributed by atoms with Crippen LogP contribution in [-0.2, 0) is 6.54 Å². The van der Waals surface area contributed by atoms with Gasteiger partial charge in [0.25, 0.3) is 0 Å². The summed E-state index contributed by atoms with van der Waals surface area (Å²) >= 11 is 12.0. The molecule has 1 heterocycles. The molecule has 0 atom stereocenters. The number of Topliss-reactive ketones (excluding diaryl/α,β-unsaturated/α-hetero) is 1. The Labute approximate surface area is 116 Å². The molecule has 1 aromatic heterocycles. The number of carbonyl (C=O) groups excluding carboxylic acids is 1. The minimum absolute atomic E-state index is 0.149. The third-order valence-corrected chi connectivity index (χ3v) is 3.35. The molecule has 1 aromatic carbocycles. The average Bonchev–Trinajstić information content (AvgIpc) is 2.80. The lowest BCUT2D eigenvalue weighted by Gasteiger charge is -2.06. The highest BCUT2D eigenvalue weighted by Gasteiger charge is 2.06. The maximum atomic E-state index is 11.5. The SMILES string of the molecule is CCC(=O)c1ccn(Cc2ccc(Cl)cc2Cl)c1. The summed E-state index contributed by atoms with van der Waals surface area (Å²) < 4.78 is 1.94. The van der Waals surface area contributed by atoms with Gasteiger partial charge in [-0.3, -0.25) is 4.79 Å². The Morgan fingerprint density at radius 2 is 2.06 bits per heavy atom. The Bertz CT molecular complexity index is 575. The number of carbonyl (C=O) groups is 1. The van der Waals surface area contributed by atoms with Crippen LogP contribution in [0.1, 0.15) is 29.3 Å². The van der Waals surface area contributed by atoms with Gasteiger partial charge in [0, 0.05) is 41.0 Å². The second kappa shape index (κ2) is 5.59. The van der Waals surface area contributed by atoms with E-state index < -0.39 is 0 Å². The number of ketones is 1. The van der Waals surface area contributed by atoms with Crippen molar-refractivity contribution in [2.75, 3.05) is 0 Å². The second-order valence-corrected chi connectivity index (χ2v) is 4.93. The first-order valence-electron chi connectivity index (χ1n) is 5.73. The van der Waals surface area contributed by atoms with Crippen LogP contribution in [0.5, 0.6) is 0 Å². The van der Waals surface area contributed by atoms with E-state index in [0.717, 1.165) is 11.1 Å². The molecule has 0 N–H and O–H groups in total. The van der Waals surface area contributed by atoms with E-state index in [1.54, 1.807) is 6.07 Å². The summed E-state index contributed by atoms with van der Waals surface area (Å²) in [6.07, 6.45) is 4.25. The summed E-state index contributed by atoms with van der Waals surface area (Å²) in [5, 5.41) is 1.26. The lowest BCUT2D eigenvalue weighted by atomic mass is 10.2. The zero-order valence-corrected chi connectivity index (χ0v) is 11.5. The summed E-state index contributed by atoms with van der Waals surface area (Å²) in [6, 6.07) is 7.26. The van der Waals surface area contributed by atoms with Crippen LogP contribution in [0.4, 0.5) is 0 Å². The van der Waals surface area contributed by atoms with Gasteiger partial charge in [-0.2, -0.15) is 0 Å². The van der Waals surface area contributed by atoms with Crippen molar-refractivity contribution < 1.29 is 4.79 Å². The van der Waals surface area contributed by atoms with Gasteiger partial charge in [-0.15, -0.1) is 0 Å². The molecule has 0 unspecified atom stereocenters. The quantitative estimate of drug-likeness (QED) is 0.760. The van der Waals surface area contributed by atoms with Gasteiger partial charge in [-0.1, -0.05) is 36.2 Å². The topological polar surface area (TPSA) is 22.0 Å². The predicted octanol–water partition coefficient (Wildman–Crippen LogP) is 4.44. The van der Waals surface area contributed by atoms with Crippen LogP contribution in [0.25, 0.3) is 0 Å². The van der Waals surface area contributed by atoms with Crippen LogP contribution in [0, 0.1) is 0 Å². The summed E-state index contributed by atoms with van der Waals surface area (Å²) in [7, 11) is 0. The van der Waals surface area contributed by atoms with Crippen molar-refractivity contribution >= 4 is 29.0 Å². The fraction of sp³-hybridized carbons (Fsp3) is 0.214. The fourth-order valence-electron chi connectivity index (χ4n) is 1.75. The summed E-state index contributed by atoms with van der Waals surface area (Å²) in [5.74, 6) is 0.149. The highest BCUT2D eigenvalue weighted by molar-refractivity contribution is 6.35. The maximum absolute atomic E-state index is 11.5. The molecule has 94 valence electrons. The largest absolute Gasteiger partial charge is 0.349 e. The molecule has 0 aliphatic carbocycles. The van der Waals surface area contributed by atoms with Crippen molar-refractivity contribution in [3.8, 4) is 0 Å². The smallest absolute Gasteiger partial charge is 0.164 e. The van der Waals surface area contributed by atoms with E-state index in [2.05, 4.69) is 0 Å². The first kappa shape index (κ1) is 13.2. The number of hydrogen-bond donors (Lipinski definition) is 0. The van der Waals surface area contributed by atoms with Gasteiger partial charge in [0.05, 0.1) is 0 Å². The molecular formula is C14H13Cl2NO. The Kier molecular flexibility index (Phi) is 4.10. The molecule has 0 radical (unpaired) electrons. The molecule has 4 heteroatoms. The van der Waals surface area contributed by atoms with Gasteiger partial charge >= 0.3 is 0 Å².